The minimum atomic E-state index is -0.940. The number of carboxylic acids is 1. The number of hydrogen-bond acceptors (Lipinski definition) is 4. The minimum Gasteiger partial charge on any atom is -0.480 e. The molecule has 5 nitrogen and oxygen atoms in total. The predicted octanol–water partition coefficient (Wildman–Crippen LogP) is 3.17. The topological polar surface area (TPSA) is 75.6 Å². The number of ether oxygens (including phenoxy) is 1. The van der Waals surface area contributed by atoms with Crippen molar-refractivity contribution in [2.75, 3.05) is 0 Å². The number of carbonyl (C=O) groups is 2. The summed E-state index contributed by atoms with van der Waals surface area (Å²) < 4.78 is 5.46. The molecule has 0 aromatic heterocycles. The molecule has 0 aliphatic carbocycles. The van der Waals surface area contributed by atoms with Gasteiger partial charge in [-0.25, -0.2) is 0 Å². The maximum atomic E-state index is 12.5. The first-order valence-electron chi connectivity index (χ1n) is 8.48. The molecule has 0 unspecified atom stereocenters. The van der Waals surface area contributed by atoms with Crippen LogP contribution in [-0.4, -0.2) is 34.7 Å². The highest BCUT2D eigenvalue weighted by molar-refractivity contribution is 5.79. The van der Waals surface area contributed by atoms with Gasteiger partial charge in [0.05, 0.1) is 0 Å². The van der Waals surface area contributed by atoms with Crippen molar-refractivity contribution in [2.24, 2.45) is 0 Å². The van der Waals surface area contributed by atoms with E-state index in [0.29, 0.717) is 12.8 Å². The van der Waals surface area contributed by atoms with Gasteiger partial charge in [-0.05, 0) is 39.2 Å². The number of carbonyl (C=O) groups excluding carboxylic acids is 1. The highest BCUT2D eigenvalue weighted by atomic mass is 16.6. The van der Waals surface area contributed by atoms with E-state index in [1.807, 2.05) is 37.3 Å². The average Bonchev–Trinajstić information content (AvgIpc) is 2.49. The Kier molecular flexibility index (Phi) is 7.92. The lowest BCUT2D eigenvalue weighted by Gasteiger charge is -2.27. The second kappa shape index (κ2) is 9.42. The molecule has 24 heavy (non-hydrogen) atoms. The van der Waals surface area contributed by atoms with E-state index >= 15 is 0 Å². The molecule has 0 aliphatic heterocycles. The van der Waals surface area contributed by atoms with Gasteiger partial charge in [-0.1, -0.05) is 50.1 Å². The SMILES string of the molecule is CCCC[C@H](N[C@@H](Cc1ccccc1)C(=O)OC(C)(C)C)C(=O)O. The Morgan fingerprint density at radius 2 is 1.79 bits per heavy atom. The molecular formula is C19H29NO4. The summed E-state index contributed by atoms with van der Waals surface area (Å²) in [4.78, 5) is 24.0. The first-order valence-corrected chi connectivity index (χ1v) is 8.48. The number of aliphatic carboxylic acids is 1. The number of benzene rings is 1. The van der Waals surface area contributed by atoms with Crippen molar-refractivity contribution in [3.05, 3.63) is 35.9 Å². The highest BCUT2D eigenvalue weighted by Crippen LogP contribution is 2.13. The highest BCUT2D eigenvalue weighted by Gasteiger charge is 2.29. The van der Waals surface area contributed by atoms with Crippen LogP contribution in [0.5, 0.6) is 0 Å². The van der Waals surface area contributed by atoms with Crippen LogP contribution >= 0.6 is 0 Å². The molecular weight excluding hydrogens is 306 g/mol. The number of hydrogen-bond donors (Lipinski definition) is 2. The lowest BCUT2D eigenvalue weighted by Crippen LogP contribution is -2.50. The molecule has 0 saturated carbocycles. The molecule has 2 atom stereocenters. The predicted molar refractivity (Wildman–Crippen MR) is 93.9 cm³/mol. The molecule has 1 aromatic carbocycles. The van der Waals surface area contributed by atoms with Crippen LogP contribution in [0.4, 0.5) is 0 Å². The van der Waals surface area contributed by atoms with Crippen molar-refractivity contribution in [1.29, 1.82) is 0 Å². The summed E-state index contributed by atoms with van der Waals surface area (Å²) >= 11 is 0. The Hall–Kier alpha value is -1.88. The van der Waals surface area contributed by atoms with E-state index in [2.05, 4.69) is 5.32 Å². The number of unbranched alkanes of at least 4 members (excludes halogenated alkanes) is 1. The first kappa shape index (κ1) is 20.2. The zero-order valence-electron chi connectivity index (χ0n) is 15.0. The molecule has 1 aromatic rings. The van der Waals surface area contributed by atoms with Gasteiger partial charge in [-0.15, -0.1) is 0 Å². The van der Waals surface area contributed by atoms with Gasteiger partial charge >= 0.3 is 11.9 Å². The lowest BCUT2D eigenvalue weighted by molar-refractivity contribution is -0.158. The summed E-state index contributed by atoms with van der Waals surface area (Å²) in [7, 11) is 0. The molecule has 0 amide bonds. The summed E-state index contributed by atoms with van der Waals surface area (Å²) in [5, 5.41) is 12.4. The summed E-state index contributed by atoms with van der Waals surface area (Å²) in [5.41, 5.74) is 0.344. The number of nitrogens with one attached hydrogen (secondary N) is 1. The fourth-order valence-electron chi connectivity index (χ4n) is 2.36. The third-order valence-electron chi connectivity index (χ3n) is 3.52. The van der Waals surface area contributed by atoms with Gasteiger partial charge in [0.25, 0.3) is 0 Å². The van der Waals surface area contributed by atoms with Crippen molar-refractivity contribution in [3.63, 3.8) is 0 Å². The molecule has 0 aliphatic rings. The van der Waals surface area contributed by atoms with Gasteiger partial charge in [0, 0.05) is 0 Å². The molecule has 134 valence electrons. The van der Waals surface area contributed by atoms with Crippen LogP contribution in [0.1, 0.15) is 52.5 Å². The second-order valence-corrected chi connectivity index (χ2v) is 6.98. The molecule has 0 fully saturated rings. The normalized spacial score (nSPS) is 14.0. The Balaban J connectivity index is 2.90. The van der Waals surface area contributed by atoms with Gasteiger partial charge in [-0.3, -0.25) is 14.9 Å². The standard InChI is InChI=1S/C19H29NO4/c1-5-6-12-15(17(21)22)20-16(18(23)24-19(2,3)4)13-14-10-8-7-9-11-14/h7-11,15-16,20H,5-6,12-13H2,1-4H3,(H,21,22)/t15-,16-/m0/s1. The van der Waals surface area contributed by atoms with E-state index < -0.39 is 29.6 Å². The van der Waals surface area contributed by atoms with Gasteiger partial charge in [-0.2, -0.15) is 0 Å². The summed E-state index contributed by atoms with van der Waals surface area (Å²) in [6.45, 7) is 7.41. The molecule has 0 radical (unpaired) electrons. The monoisotopic (exact) mass is 335 g/mol. The van der Waals surface area contributed by atoms with Crippen LogP contribution in [0, 0.1) is 0 Å². The molecule has 5 heteroatoms. The van der Waals surface area contributed by atoms with Crippen molar-refractivity contribution < 1.29 is 19.4 Å². The maximum absolute atomic E-state index is 12.5. The number of rotatable bonds is 9. The van der Waals surface area contributed by atoms with Crippen LogP contribution in [0.25, 0.3) is 0 Å². The third-order valence-corrected chi connectivity index (χ3v) is 3.52. The van der Waals surface area contributed by atoms with Crippen LogP contribution in [0.15, 0.2) is 30.3 Å². The van der Waals surface area contributed by atoms with E-state index in [0.717, 1.165) is 18.4 Å². The summed E-state index contributed by atoms with van der Waals surface area (Å²) in [6, 6.07) is 8.08. The minimum absolute atomic E-state index is 0.395. The van der Waals surface area contributed by atoms with Crippen LogP contribution < -0.4 is 5.32 Å². The average molecular weight is 335 g/mol. The van der Waals surface area contributed by atoms with E-state index in [-0.39, 0.29) is 0 Å². The lowest BCUT2D eigenvalue weighted by atomic mass is 10.0. The van der Waals surface area contributed by atoms with Crippen molar-refractivity contribution in [3.8, 4) is 0 Å². The number of carboxylic acid groups (broad SMARTS) is 1. The van der Waals surface area contributed by atoms with Crippen LogP contribution in [-0.2, 0) is 20.7 Å². The Morgan fingerprint density at radius 3 is 2.29 bits per heavy atom. The zero-order valence-corrected chi connectivity index (χ0v) is 15.0. The van der Waals surface area contributed by atoms with Gasteiger partial charge in [0.1, 0.15) is 17.7 Å². The molecule has 2 N–H and O–H groups in total. The van der Waals surface area contributed by atoms with Crippen LogP contribution in [0.2, 0.25) is 0 Å². The van der Waals surface area contributed by atoms with Crippen molar-refractivity contribution in [2.45, 2.75) is 71.1 Å². The smallest absolute Gasteiger partial charge is 0.324 e. The fourth-order valence-corrected chi connectivity index (χ4v) is 2.36. The van der Waals surface area contributed by atoms with E-state index in [1.165, 1.54) is 0 Å². The number of esters is 1. The Bertz CT molecular complexity index is 522. The molecule has 0 bridgehead atoms. The van der Waals surface area contributed by atoms with Gasteiger partial charge in [0.2, 0.25) is 0 Å². The second-order valence-electron chi connectivity index (χ2n) is 6.98. The van der Waals surface area contributed by atoms with Gasteiger partial charge in [0.15, 0.2) is 0 Å². The molecule has 1 rings (SSSR count). The van der Waals surface area contributed by atoms with Crippen molar-refractivity contribution in [1.82, 2.24) is 5.32 Å². The summed E-state index contributed by atoms with van der Waals surface area (Å²) in [6.07, 6.45) is 2.57. The quantitative estimate of drug-likeness (QED) is 0.678. The van der Waals surface area contributed by atoms with E-state index in [9.17, 15) is 14.7 Å². The fraction of sp³-hybridized carbons (Fsp3) is 0.579. The maximum Gasteiger partial charge on any atom is 0.324 e. The molecule has 0 spiro atoms. The Morgan fingerprint density at radius 1 is 1.17 bits per heavy atom. The first-order chi connectivity index (χ1) is 11.2. The van der Waals surface area contributed by atoms with Gasteiger partial charge < -0.3 is 9.84 Å². The third kappa shape index (κ3) is 7.59. The van der Waals surface area contributed by atoms with E-state index in [4.69, 9.17) is 4.74 Å². The molecule has 0 heterocycles. The zero-order chi connectivity index (χ0) is 18.2. The molecule has 0 saturated heterocycles. The van der Waals surface area contributed by atoms with E-state index in [1.54, 1.807) is 20.8 Å². The largest absolute Gasteiger partial charge is 0.480 e. The Labute approximate surface area is 144 Å². The van der Waals surface area contributed by atoms with Crippen molar-refractivity contribution >= 4 is 11.9 Å². The van der Waals surface area contributed by atoms with Crippen LogP contribution in [0.3, 0.4) is 0 Å². The summed E-state index contributed by atoms with van der Waals surface area (Å²) in [5.74, 6) is -1.36.